The van der Waals surface area contributed by atoms with Crippen LogP contribution >= 0.6 is 0 Å². The lowest BCUT2D eigenvalue weighted by atomic mass is 9.98. The van der Waals surface area contributed by atoms with E-state index in [1.54, 1.807) is 39.2 Å². The predicted molar refractivity (Wildman–Crippen MR) is 153 cm³/mol. The highest BCUT2D eigenvalue weighted by molar-refractivity contribution is 5.98. The van der Waals surface area contributed by atoms with Crippen molar-refractivity contribution in [3.63, 3.8) is 0 Å². The van der Waals surface area contributed by atoms with Crippen molar-refractivity contribution in [1.29, 1.82) is 0 Å². The fraction of sp³-hybridized carbons (Fsp3) is 0.500. The number of hydrogen-bond acceptors (Lipinski definition) is 7. The molecule has 2 aromatic carbocycles. The van der Waals surface area contributed by atoms with Gasteiger partial charge in [0.25, 0.3) is 5.91 Å². The third-order valence-corrected chi connectivity index (χ3v) is 7.37. The van der Waals surface area contributed by atoms with Crippen LogP contribution in [0.5, 0.6) is 11.5 Å². The summed E-state index contributed by atoms with van der Waals surface area (Å²) in [5, 5.41) is 0. The molecule has 1 saturated heterocycles. The third-order valence-electron chi connectivity index (χ3n) is 7.37. The van der Waals surface area contributed by atoms with Gasteiger partial charge in [-0.1, -0.05) is 32.0 Å². The van der Waals surface area contributed by atoms with E-state index in [1.165, 1.54) is 21.4 Å². The summed E-state index contributed by atoms with van der Waals surface area (Å²) in [7, 11) is 8.46. The van der Waals surface area contributed by atoms with Gasteiger partial charge in [-0.05, 0) is 41.3 Å². The minimum atomic E-state index is -0.630. The van der Waals surface area contributed by atoms with Crippen molar-refractivity contribution in [2.75, 3.05) is 61.4 Å². The Balaban J connectivity index is 1.60. The number of likely N-dealkylation sites (N-methyl/N-ethyl adjacent to an activating group) is 1. The fourth-order valence-corrected chi connectivity index (χ4v) is 4.86. The van der Waals surface area contributed by atoms with Gasteiger partial charge in [0.15, 0.2) is 0 Å². The molecule has 2 aliphatic rings. The Kier molecular flexibility index (Phi) is 9.00. The molecule has 0 unspecified atom stereocenters. The summed E-state index contributed by atoms with van der Waals surface area (Å²) in [6.07, 6.45) is -1.19. The second kappa shape index (κ2) is 12.3. The maximum Gasteiger partial charge on any atom is 0.414 e. The third kappa shape index (κ3) is 6.74. The quantitative estimate of drug-likeness (QED) is 0.539. The molecule has 1 fully saturated rings. The number of hydrogen-bond donors (Lipinski definition) is 0. The van der Waals surface area contributed by atoms with Crippen molar-refractivity contribution in [1.82, 2.24) is 24.5 Å². The first-order chi connectivity index (χ1) is 18.9. The van der Waals surface area contributed by atoms with Crippen LogP contribution in [0.3, 0.4) is 0 Å². The summed E-state index contributed by atoms with van der Waals surface area (Å²) in [5.74, 6) is 0.0141. The molecule has 10 nitrogen and oxygen atoms in total. The van der Waals surface area contributed by atoms with Gasteiger partial charge in [-0.3, -0.25) is 9.69 Å². The Bertz CT molecular complexity index is 1270. The number of piperazine rings is 1. The van der Waals surface area contributed by atoms with Gasteiger partial charge in [-0.15, -0.1) is 0 Å². The molecule has 0 aromatic heterocycles. The second-order valence-electron chi connectivity index (χ2n) is 11.4. The van der Waals surface area contributed by atoms with Crippen molar-refractivity contribution < 1.29 is 23.9 Å². The maximum absolute atomic E-state index is 13.9. The predicted octanol–water partition coefficient (Wildman–Crippen LogP) is 3.83. The summed E-state index contributed by atoms with van der Waals surface area (Å²) < 4.78 is 11.2. The van der Waals surface area contributed by atoms with E-state index in [1.807, 2.05) is 13.8 Å². The molecule has 3 amide bonds. The van der Waals surface area contributed by atoms with Crippen LogP contribution in [0.15, 0.2) is 30.3 Å². The summed E-state index contributed by atoms with van der Waals surface area (Å²) in [6, 6.07) is 9.63. The molecule has 0 saturated carbocycles. The van der Waals surface area contributed by atoms with E-state index in [-0.39, 0.29) is 28.9 Å². The standard InChI is InChI=1S/C30H41N5O5/c1-20(2)24-15-25(27(40-30(38)32(5)6)16-26(24)39-29(37)31(3)4)28(36)35-18-22-9-8-21(14-23(22)19-35)17-34-12-10-33(7)11-13-34/h8-9,14-16,20H,10-13,17-19H2,1-7H3. The summed E-state index contributed by atoms with van der Waals surface area (Å²) >= 11 is 0. The van der Waals surface area contributed by atoms with E-state index in [4.69, 9.17) is 9.47 Å². The Morgan fingerprint density at radius 3 is 2.02 bits per heavy atom. The van der Waals surface area contributed by atoms with Crippen LogP contribution in [0, 0.1) is 0 Å². The molecule has 0 N–H and O–H groups in total. The molecule has 0 radical (unpaired) electrons. The zero-order valence-corrected chi connectivity index (χ0v) is 24.7. The second-order valence-corrected chi connectivity index (χ2v) is 11.4. The lowest BCUT2D eigenvalue weighted by Gasteiger charge is -2.32. The SMILES string of the molecule is CC(C)c1cc(C(=O)N2Cc3ccc(CN4CCN(C)CC4)cc3C2)c(OC(=O)N(C)C)cc1OC(=O)N(C)C. The average molecular weight is 552 g/mol. The van der Waals surface area contributed by atoms with Crippen LogP contribution in [0.25, 0.3) is 0 Å². The number of carbonyl (C=O) groups is 3. The van der Waals surface area contributed by atoms with Gasteiger partial charge in [0, 0.05) is 80.1 Å². The van der Waals surface area contributed by atoms with Crippen molar-refractivity contribution in [3.8, 4) is 11.5 Å². The lowest BCUT2D eigenvalue weighted by molar-refractivity contribution is 0.0747. The van der Waals surface area contributed by atoms with E-state index < -0.39 is 12.2 Å². The number of rotatable bonds is 6. The van der Waals surface area contributed by atoms with Crippen molar-refractivity contribution in [2.24, 2.45) is 0 Å². The van der Waals surface area contributed by atoms with Crippen molar-refractivity contribution in [2.45, 2.75) is 39.4 Å². The minimum absolute atomic E-state index is 0.0528. The molecule has 40 heavy (non-hydrogen) atoms. The molecule has 10 heteroatoms. The first-order valence-electron chi connectivity index (χ1n) is 13.7. The van der Waals surface area contributed by atoms with Crippen LogP contribution in [0.1, 0.15) is 52.4 Å². The highest BCUT2D eigenvalue weighted by Crippen LogP contribution is 2.36. The van der Waals surface area contributed by atoms with Gasteiger partial charge in [-0.2, -0.15) is 0 Å². The molecule has 216 valence electrons. The van der Waals surface area contributed by atoms with Crippen molar-refractivity contribution in [3.05, 3.63) is 58.1 Å². The van der Waals surface area contributed by atoms with E-state index in [2.05, 4.69) is 35.0 Å². The first-order valence-corrected chi connectivity index (χ1v) is 13.7. The summed E-state index contributed by atoms with van der Waals surface area (Å²) in [6.45, 7) is 9.98. The smallest absolute Gasteiger partial charge is 0.410 e. The molecule has 2 heterocycles. The molecule has 2 aliphatic heterocycles. The first kappa shape index (κ1) is 29.4. The van der Waals surface area contributed by atoms with E-state index in [9.17, 15) is 14.4 Å². The van der Waals surface area contributed by atoms with Gasteiger partial charge >= 0.3 is 12.2 Å². The lowest BCUT2D eigenvalue weighted by Crippen LogP contribution is -2.43. The molecular weight excluding hydrogens is 510 g/mol. The van der Waals surface area contributed by atoms with E-state index in [0.717, 1.165) is 43.9 Å². The number of nitrogens with zero attached hydrogens (tertiary/aromatic N) is 5. The number of carbonyl (C=O) groups excluding carboxylic acids is 3. The fourth-order valence-electron chi connectivity index (χ4n) is 4.86. The van der Waals surface area contributed by atoms with Crippen molar-refractivity contribution >= 4 is 18.1 Å². The Labute approximate surface area is 237 Å². The van der Waals surface area contributed by atoms with Gasteiger partial charge in [0.1, 0.15) is 11.5 Å². The molecule has 0 spiro atoms. The Morgan fingerprint density at radius 1 is 0.825 bits per heavy atom. The maximum atomic E-state index is 13.9. The van der Waals surface area contributed by atoms with Gasteiger partial charge in [0.2, 0.25) is 0 Å². The van der Waals surface area contributed by atoms with Gasteiger partial charge in [0.05, 0.1) is 5.56 Å². The van der Waals surface area contributed by atoms with Crippen LogP contribution in [0.4, 0.5) is 9.59 Å². The summed E-state index contributed by atoms with van der Waals surface area (Å²) in [5.41, 5.74) is 4.42. The van der Waals surface area contributed by atoms with Crippen LogP contribution < -0.4 is 9.47 Å². The van der Waals surface area contributed by atoms with Crippen LogP contribution in [-0.4, -0.2) is 104 Å². The highest BCUT2D eigenvalue weighted by Gasteiger charge is 2.30. The summed E-state index contributed by atoms with van der Waals surface area (Å²) in [4.78, 5) is 48.0. The highest BCUT2D eigenvalue weighted by atomic mass is 16.6. The molecule has 0 aliphatic carbocycles. The van der Waals surface area contributed by atoms with E-state index in [0.29, 0.717) is 18.7 Å². The number of ether oxygens (including phenoxy) is 2. The molecule has 0 bridgehead atoms. The minimum Gasteiger partial charge on any atom is -0.410 e. The Hall–Kier alpha value is -3.63. The molecule has 4 rings (SSSR count). The van der Waals surface area contributed by atoms with Gasteiger partial charge in [-0.25, -0.2) is 9.59 Å². The monoisotopic (exact) mass is 551 g/mol. The zero-order chi connectivity index (χ0) is 29.1. The molecule has 2 aromatic rings. The van der Waals surface area contributed by atoms with Crippen LogP contribution in [0.2, 0.25) is 0 Å². The normalized spacial score (nSPS) is 15.7. The van der Waals surface area contributed by atoms with Crippen LogP contribution in [-0.2, 0) is 19.6 Å². The van der Waals surface area contributed by atoms with E-state index >= 15 is 0 Å². The number of benzene rings is 2. The Morgan fingerprint density at radius 2 is 1.43 bits per heavy atom. The number of fused-ring (bicyclic) bond motifs is 1. The zero-order valence-electron chi connectivity index (χ0n) is 24.7. The largest absolute Gasteiger partial charge is 0.414 e. The number of amides is 3. The average Bonchev–Trinajstić information content (AvgIpc) is 3.33. The van der Waals surface area contributed by atoms with Gasteiger partial charge < -0.3 is 29.1 Å². The molecular formula is C30H41N5O5. The molecule has 0 atom stereocenters. The topological polar surface area (TPSA) is 85.9 Å².